The van der Waals surface area contributed by atoms with Gasteiger partial charge in [-0.2, -0.15) is 11.8 Å². The predicted octanol–water partition coefficient (Wildman–Crippen LogP) is 3.37. The van der Waals surface area contributed by atoms with Crippen LogP contribution in [0.2, 0.25) is 0 Å². The van der Waals surface area contributed by atoms with Gasteiger partial charge < -0.3 is 5.32 Å². The van der Waals surface area contributed by atoms with Crippen LogP contribution >= 0.6 is 11.8 Å². The zero-order valence-corrected chi connectivity index (χ0v) is 13.7. The SMILES string of the molecule is CCCC1CN(CCSC)C(C2CCCCC2)CN1. The first kappa shape index (κ1) is 15.7. The van der Waals surface area contributed by atoms with Crippen molar-refractivity contribution in [1.82, 2.24) is 10.2 Å². The van der Waals surface area contributed by atoms with E-state index in [9.17, 15) is 0 Å². The third-order valence-corrected chi connectivity index (χ3v) is 5.54. The number of piperazine rings is 1. The maximum atomic E-state index is 3.83. The summed E-state index contributed by atoms with van der Waals surface area (Å²) >= 11 is 2.00. The third kappa shape index (κ3) is 4.64. The van der Waals surface area contributed by atoms with E-state index in [0.29, 0.717) is 0 Å². The lowest BCUT2D eigenvalue weighted by molar-refractivity contribution is 0.0756. The lowest BCUT2D eigenvalue weighted by Gasteiger charge is -2.45. The first-order chi connectivity index (χ1) is 9.35. The lowest BCUT2D eigenvalue weighted by atomic mass is 9.82. The van der Waals surface area contributed by atoms with Gasteiger partial charge in [0.1, 0.15) is 0 Å². The summed E-state index contributed by atoms with van der Waals surface area (Å²) in [5.74, 6) is 2.26. The van der Waals surface area contributed by atoms with Gasteiger partial charge >= 0.3 is 0 Å². The van der Waals surface area contributed by atoms with Crippen LogP contribution in [0.5, 0.6) is 0 Å². The maximum Gasteiger partial charge on any atom is 0.0249 e. The molecule has 0 bridgehead atoms. The molecule has 2 atom stereocenters. The average molecular weight is 285 g/mol. The van der Waals surface area contributed by atoms with E-state index in [0.717, 1.165) is 18.0 Å². The molecule has 0 spiro atoms. The van der Waals surface area contributed by atoms with Crippen molar-refractivity contribution in [2.45, 2.75) is 64.0 Å². The highest BCUT2D eigenvalue weighted by molar-refractivity contribution is 7.98. The second-order valence-corrected chi connectivity index (χ2v) is 7.33. The van der Waals surface area contributed by atoms with Gasteiger partial charge in [-0.1, -0.05) is 32.6 Å². The summed E-state index contributed by atoms with van der Waals surface area (Å²) in [5, 5.41) is 3.83. The minimum atomic E-state index is 0.742. The molecular weight excluding hydrogens is 252 g/mol. The van der Waals surface area contributed by atoms with Crippen molar-refractivity contribution in [3.63, 3.8) is 0 Å². The first-order valence-corrected chi connectivity index (χ1v) is 9.71. The molecule has 1 aliphatic carbocycles. The molecule has 1 aliphatic heterocycles. The average Bonchev–Trinajstić information content (AvgIpc) is 2.46. The Balaban J connectivity index is 1.91. The van der Waals surface area contributed by atoms with E-state index in [2.05, 4.69) is 23.4 Å². The summed E-state index contributed by atoms with van der Waals surface area (Å²) in [6.07, 6.45) is 12.2. The van der Waals surface area contributed by atoms with Crippen LogP contribution in [0, 0.1) is 5.92 Å². The van der Waals surface area contributed by atoms with Gasteiger partial charge in [0.15, 0.2) is 0 Å². The molecule has 1 saturated carbocycles. The molecule has 0 aromatic heterocycles. The number of rotatable bonds is 6. The van der Waals surface area contributed by atoms with Gasteiger partial charge in [-0.15, -0.1) is 0 Å². The third-order valence-electron chi connectivity index (χ3n) is 4.95. The fourth-order valence-corrected chi connectivity index (χ4v) is 4.31. The van der Waals surface area contributed by atoms with E-state index < -0.39 is 0 Å². The van der Waals surface area contributed by atoms with E-state index in [1.807, 2.05) is 11.8 Å². The molecule has 112 valence electrons. The summed E-state index contributed by atoms with van der Waals surface area (Å²) in [6.45, 7) is 6.13. The topological polar surface area (TPSA) is 15.3 Å². The molecule has 2 nitrogen and oxygen atoms in total. The molecule has 0 amide bonds. The van der Waals surface area contributed by atoms with E-state index in [-0.39, 0.29) is 0 Å². The molecule has 0 aromatic rings. The number of hydrogen-bond donors (Lipinski definition) is 1. The lowest BCUT2D eigenvalue weighted by Crippen LogP contribution is -2.59. The fourth-order valence-electron chi connectivity index (χ4n) is 3.89. The molecule has 1 saturated heterocycles. The minimum absolute atomic E-state index is 0.742. The zero-order valence-electron chi connectivity index (χ0n) is 12.9. The molecular formula is C16H32N2S. The Hall–Kier alpha value is 0.270. The van der Waals surface area contributed by atoms with Crippen LogP contribution in [-0.2, 0) is 0 Å². The fraction of sp³-hybridized carbons (Fsp3) is 1.00. The van der Waals surface area contributed by atoms with Crippen molar-refractivity contribution in [3.8, 4) is 0 Å². The predicted molar refractivity (Wildman–Crippen MR) is 87.0 cm³/mol. The molecule has 3 heteroatoms. The van der Waals surface area contributed by atoms with Crippen molar-refractivity contribution < 1.29 is 0 Å². The van der Waals surface area contributed by atoms with Crippen molar-refractivity contribution >= 4 is 11.8 Å². The maximum absolute atomic E-state index is 3.83. The van der Waals surface area contributed by atoms with Gasteiger partial charge in [0, 0.05) is 37.5 Å². The normalized spacial score (nSPS) is 30.6. The van der Waals surface area contributed by atoms with Gasteiger partial charge in [-0.3, -0.25) is 4.90 Å². The number of thioether (sulfide) groups is 1. The summed E-state index contributed by atoms with van der Waals surface area (Å²) < 4.78 is 0. The number of nitrogens with one attached hydrogen (secondary N) is 1. The smallest absolute Gasteiger partial charge is 0.0249 e. The summed E-state index contributed by atoms with van der Waals surface area (Å²) in [4.78, 5) is 2.82. The van der Waals surface area contributed by atoms with Crippen molar-refractivity contribution in [3.05, 3.63) is 0 Å². The second-order valence-electron chi connectivity index (χ2n) is 6.35. The Labute approximate surface area is 124 Å². The van der Waals surface area contributed by atoms with Crippen molar-refractivity contribution in [1.29, 1.82) is 0 Å². The summed E-state index contributed by atoms with van der Waals surface area (Å²) in [7, 11) is 0. The summed E-state index contributed by atoms with van der Waals surface area (Å²) in [5.41, 5.74) is 0. The molecule has 0 radical (unpaired) electrons. The van der Waals surface area contributed by atoms with Crippen LogP contribution in [0.25, 0.3) is 0 Å². The molecule has 2 unspecified atom stereocenters. The Kier molecular flexibility index (Phi) is 7.03. The number of hydrogen-bond acceptors (Lipinski definition) is 3. The molecule has 1 N–H and O–H groups in total. The monoisotopic (exact) mass is 284 g/mol. The molecule has 2 aliphatic rings. The van der Waals surface area contributed by atoms with Gasteiger partial charge in [0.2, 0.25) is 0 Å². The first-order valence-electron chi connectivity index (χ1n) is 8.31. The Morgan fingerprint density at radius 3 is 2.68 bits per heavy atom. The zero-order chi connectivity index (χ0) is 13.5. The van der Waals surface area contributed by atoms with Gasteiger partial charge in [0.05, 0.1) is 0 Å². The van der Waals surface area contributed by atoms with E-state index in [1.165, 1.54) is 70.3 Å². The van der Waals surface area contributed by atoms with Crippen LogP contribution < -0.4 is 5.32 Å². The quantitative estimate of drug-likeness (QED) is 0.805. The minimum Gasteiger partial charge on any atom is -0.311 e. The highest BCUT2D eigenvalue weighted by Crippen LogP contribution is 2.30. The highest BCUT2D eigenvalue weighted by Gasteiger charge is 2.33. The molecule has 2 fully saturated rings. The Morgan fingerprint density at radius 1 is 1.21 bits per heavy atom. The van der Waals surface area contributed by atoms with E-state index in [1.54, 1.807) is 0 Å². The van der Waals surface area contributed by atoms with Crippen LogP contribution in [-0.4, -0.2) is 48.6 Å². The largest absolute Gasteiger partial charge is 0.311 e. The molecule has 19 heavy (non-hydrogen) atoms. The van der Waals surface area contributed by atoms with Crippen LogP contribution in [0.1, 0.15) is 51.9 Å². The standard InChI is InChI=1S/C16H32N2S/c1-3-7-15-13-18(10-11-19-2)16(12-17-15)14-8-5-4-6-9-14/h14-17H,3-13H2,1-2H3. The van der Waals surface area contributed by atoms with Crippen LogP contribution in [0.3, 0.4) is 0 Å². The second kappa shape index (κ2) is 8.53. The number of nitrogens with zero attached hydrogens (tertiary/aromatic N) is 1. The molecule has 2 rings (SSSR count). The van der Waals surface area contributed by atoms with Crippen molar-refractivity contribution in [2.75, 3.05) is 31.6 Å². The summed E-state index contributed by atoms with van der Waals surface area (Å²) in [6, 6.07) is 1.56. The molecule has 0 aromatic carbocycles. The van der Waals surface area contributed by atoms with Gasteiger partial charge in [-0.25, -0.2) is 0 Å². The molecule has 1 heterocycles. The van der Waals surface area contributed by atoms with Crippen LogP contribution in [0.4, 0.5) is 0 Å². The van der Waals surface area contributed by atoms with Crippen molar-refractivity contribution in [2.24, 2.45) is 5.92 Å². The van der Waals surface area contributed by atoms with Crippen LogP contribution in [0.15, 0.2) is 0 Å². The highest BCUT2D eigenvalue weighted by atomic mass is 32.2. The Morgan fingerprint density at radius 2 is 2.00 bits per heavy atom. The van der Waals surface area contributed by atoms with E-state index >= 15 is 0 Å². The van der Waals surface area contributed by atoms with E-state index in [4.69, 9.17) is 0 Å². The van der Waals surface area contributed by atoms with Gasteiger partial charge in [0.25, 0.3) is 0 Å². The van der Waals surface area contributed by atoms with Gasteiger partial charge in [-0.05, 0) is 31.4 Å². The Bertz CT molecular complexity index is 241.